The number of fused-ring (bicyclic) bond motifs is 2. The average Bonchev–Trinajstić information content (AvgIpc) is 2.97. The lowest BCUT2D eigenvalue weighted by Crippen LogP contribution is -2.36. The van der Waals surface area contributed by atoms with Gasteiger partial charge in [-0.2, -0.15) is 0 Å². The lowest BCUT2D eigenvalue weighted by Gasteiger charge is -2.29. The maximum Gasteiger partial charge on any atom is 0.308 e. The first-order valence-electron chi connectivity index (χ1n) is 13.6. The number of hydrogen-bond donors (Lipinski definition) is 2. The maximum atomic E-state index is 13.1. The SMILES string of the molecule is CCC(C)(CC(C)C(=O)OCCO)C(=O)Nc1ccc(C(=O)C=Cc2c3ccccc3cc3ccccc23)cc1. The molecule has 40 heavy (non-hydrogen) atoms. The summed E-state index contributed by atoms with van der Waals surface area (Å²) in [4.78, 5) is 38.4. The molecule has 0 heterocycles. The number of ether oxygens (including phenoxy) is 1. The van der Waals surface area contributed by atoms with Crippen molar-refractivity contribution < 1.29 is 24.2 Å². The molecule has 4 rings (SSSR count). The Bertz CT molecular complexity index is 1500. The largest absolute Gasteiger partial charge is 0.463 e. The number of benzene rings is 4. The van der Waals surface area contributed by atoms with Gasteiger partial charge in [0.2, 0.25) is 5.91 Å². The second kappa shape index (κ2) is 12.7. The summed E-state index contributed by atoms with van der Waals surface area (Å²) in [5.41, 5.74) is 1.29. The number of esters is 1. The summed E-state index contributed by atoms with van der Waals surface area (Å²) in [5, 5.41) is 16.2. The Labute approximate surface area is 234 Å². The molecule has 0 fully saturated rings. The second-order valence-corrected chi connectivity index (χ2v) is 10.4. The molecule has 0 spiro atoms. The van der Waals surface area contributed by atoms with Crippen molar-refractivity contribution in [3.05, 3.63) is 96.1 Å². The number of ketones is 1. The van der Waals surface area contributed by atoms with Crippen LogP contribution in [0.15, 0.2) is 84.9 Å². The highest BCUT2D eigenvalue weighted by molar-refractivity contribution is 6.12. The van der Waals surface area contributed by atoms with Gasteiger partial charge in [-0.1, -0.05) is 69.3 Å². The standard InChI is InChI=1S/C34H35NO5/c1-4-34(3,22-23(2)32(38)40-20-19-36)33(39)35-27-15-13-24(14-16-27)31(37)18-17-30-28-11-7-5-9-25(28)21-26-10-6-8-12-29(26)30/h5-18,21,23,36H,4,19-20,22H2,1-3H3,(H,35,39). The predicted octanol–water partition coefficient (Wildman–Crippen LogP) is 6.81. The molecule has 0 saturated heterocycles. The molecule has 2 unspecified atom stereocenters. The summed E-state index contributed by atoms with van der Waals surface area (Å²) in [7, 11) is 0. The van der Waals surface area contributed by atoms with Gasteiger partial charge in [0.15, 0.2) is 5.78 Å². The van der Waals surface area contributed by atoms with Gasteiger partial charge < -0.3 is 15.2 Å². The molecular weight excluding hydrogens is 502 g/mol. The molecular formula is C34H35NO5. The molecule has 0 aliphatic carbocycles. The van der Waals surface area contributed by atoms with Gasteiger partial charge in [0.05, 0.1) is 12.5 Å². The van der Waals surface area contributed by atoms with E-state index < -0.39 is 17.3 Å². The van der Waals surface area contributed by atoms with Gasteiger partial charge in [0, 0.05) is 16.7 Å². The van der Waals surface area contributed by atoms with E-state index in [1.54, 1.807) is 37.3 Å². The molecule has 1 amide bonds. The summed E-state index contributed by atoms with van der Waals surface area (Å²) in [6.45, 7) is 5.14. The summed E-state index contributed by atoms with van der Waals surface area (Å²) in [6.07, 6.45) is 4.31. The number of aliphatic hydroxyl groups is 1. The predicted molar refractivity (Wildman–Crippen MR) is 160 cm³/mol. The molecule has 0 saturated carbocycles. The van der Waals surface area contributed by atoms with Crippen molar-refractivity contribution in [2.24, 2.45) is 11.3 Å². The van der Waals surface area contributed by atoms with E-state index in [0.717, 1.165) is 27.1 Å². The van der Waals surface area contributed by atoms with Crippen LogP contribution in [0, 0.1) is 11.3 Å². The van der Waals surface area contributed by atoms with Gasteiger partial charge in [-0.05, 0) is 82.4 Å². The number of hydrogen-bond acceptors (Lipinski definition) is 5. The highest BCUT2D eigenvalue weighted by atomic mass is 16.5. The molecule has 4 aromatic carbocycles. The Morgan fingerprint density at radius 2 is 1.55 bits per heavy atom. The third-order valence-electron chi connectivity index (χ3n) is 7.46. The zero-order valence-corrected chi connectivity index (χ0v) is 23.1. The van der Waals surface area contributed by atoms with Gasteiger partial charge in [-0.3, -0.25) is 14.4 Å². The summed E-state index contributed by atoms with van der Waals surface area (Å²) in [6, 6.07) is 25.2. The molecule has 206 valence electrons. The Balaban J connectivity index is 1.47. The topological polar surface area (TPSA) is 92.7 Å². The van der Waals surface area contributed by atoms with Crippen LogP contribution in [-0.4, -0.2) is 36.0 Å². The minimum atomic E-state index is -0.796. The number of aliphatic hydroxyl groups excluding tert-OH is 1. The quantitative estimate of drug-likeness (QED) is 0.0949. The van der Waals surface area contributed by atoms with E-state index in [9.17, 15) is 14.4 Å². The van der Waals surface area contributed by atoms with E-state index in [-0.39, 0.29) is 24.9 Å². The van der Waals surface area contributed by atoms with Crippen molar-refractivity contribution in [3.8, 4) is 0 Å². The maximum absolute atomic E-state index is 13.1. The van der Waals surface area contributed by atoms with Gasteiger partial charge >= 0.3 is 5.97 Å². The van der Waals surface area contributed by atoms with E-state index in [2.05, 4.69) is 35.6 Å². The van der Waals surface area contributed by atoms with Crippen molar-refractivity contribution in [3.63, 3.8) is 0 Å². The molecule has 6 nitrogen and oxygen atoms in total. The molecule has 0 aromatic heterocycles. The monoisotopic (exact) mass is 537 g/mol. The molecule has 4 aromatic rings. The fourth-order valence-corrected chi connectivity index (χ4v) is 4.93. The molecule has 0 aliphatic rings. The van der Waals surface area contributed by atoms with E-state index in [0.29, 0.717) is 24.1 Å². The Morgan fingerprint density at radius 3 is 2.12 bits per heavy atom. The minimum absolute atomic E-state index is 0.0585. The van der Waals surface area contributed by atoms with Crippen LogP contribution in [0.25, 0.3) is 27.6 Å². The smallest absolute Gasteiger partial charge is 0.308 e. The van der Waals surface area contributed by atoms with Crippen LogP contribution < -0.4 is 5.32 Å². The van der Waals surface area contributed by atoms with E-state index in [1.807, 2.05) is 44.2 Å². The number of allylic oxidation sites excluding steroid dienone is 1. The Hall–Kier alpha value is -4.29. The molecule has 6 heteroatoms. The fourth-order valence-electron chi connectivity index (χ4n) is 4.93. The van der Waals surface area contributed by atoms with E-state index in [1.165, 1.54) is 0 Å². The van der Waals surface area contributed by atoms with Crippen molar-refractivity contribution >= 4 is 51.0 Å². The third-order valence-corrected chi connectivity index (χ3v) is 7.46. The summed E-state index contributed by atoms with van der Waals surface area (Å²) >= 11 is 0. The molecule has 0 aliphatic heterocycles. The van der Waals surface area contributed by atoms with Gasteiger partial charge in [0.1, 0.15) is 6.61 Å². The van der Waals surface area contributed by atoms with Gasteiger partial charge in [0.25, 0.3) is 0 Å². The van der Waals surface area contributed by atoms with Crippen molar-refractivity contribution in [1.82, 2.24) is 0 Å². The Kier molecular flexibility index (Phi) is 9.12. The first-order chi connectivity index (χ1) is 19.3. The Morgan fingerprint density at radius 1 is 0.950 bits per heavy atom. The molecule has 2 N–H and O–H groups in total. The first kappa shape index (κ1) is 28.7. The van der Waals surface area contributed by atoms with Crippen molar-refractivity contribution in [1.29, 1.82) is 0 Å². The highest BCUT2D eigenvalue weighted by Crippen LogP contribution is 2.32. The van der Waals surface area contributed by atoms with Crippen LogP contribution >= 0.6 is 0 Å². The second-order valence-electron chi connectivity index (χ2n) is 10.4. The van der Waals surface area contributed by atoms with Crippen LogP contribution in [0.3, 0.4) is 0 Å². The zero-order valence-electron chi connectivity index (χ0n) is 23.1. The lowest BCUT2D eigenvalue weighted by atomic mass is 9.78. The van der Waals surface area contributed by atoms with E-state index >= 15 is 0 Å². The fraction of sp³-hybridized carbons (Fsp3) is 0.265. The first-order valence-corrected chi connectivity index (χ1v) is 13.6. The number of nitrogens with one attached hydrogen (secondary N) is 1. The number of carbonyl (C=O) groups is 3. The van der Waals surface area contributed by atoms with Crippen LogP contribution in [0.2, 0.25) is 0 Å². The van der Waals surface area contributed by atoms with Crippen LogP contribution in [-0.2, 0) is 14.3 Å². The number of amides is 1. The minimum Gasteiger partial charge on any atom is -0.463 e. The average molecular weight is 538 g/mol. The number of carbonyl (C=O) groups excluding carboxylic acids is 3. The number of anilines is 1. The lowest BCUT2D eigenvalue weighted by molar-refractivity contribution is -0.150. The highest BCUT2D eigenvalue weighted by Gasteiger charge is 2.35. The van der Waals surface area contributed by atoms with Gasteiger partial charge in [-0.15, -0.1) is 0 Å². The van der Waals surface area contributed by atoms with Gasteiger partial charge in [-0.25, -0.2) is 0 Å². The number of rotatable bonds is 11. The zero-order chi connectivity index (χ0) is 28.7. The summed E-state index contributed by atoms with van der Waals surface area (Å²) < 4.78 is 5.01. The molecule has 0 radical (unpaired) electrons. The van der Waals surface area contributed by atoms with Crippen LogP contribution in [0.1, 0.15) is 49.5 Å². The normalized spacial score (nSPS) is 13.7. The van der Waals surface area contributed by atoms with Crippen molar-refractivity contribution in [2.75, 3.05) is 18.5 Å². The van der Waals surface area contributed by atoms with Crippen LogP contribution in [0.4, 0.5) is 5.69 Å². The molecule has 0 bridgehead atoms. The third kappa shape index (κ3) is 6.46. The summed E-state index contributed by atoms with van der Waals surface area (Å²) in [5.74, 6) is -1.27. The van der Waals surface area contributed by atoms with E-state index in [4.69, 9.17) is 9.84 Å². The van der Waals surface area contributed by atoms with Crippen molar-refractivity contribution in [2.45, 2.75) is 33.6 Å². The van der Waals surface area contributed by atoms with Crippen LogP contribution in [0.5, 0.6) is 0 Å². The molecule has 2 atom stereocenters.